The average molecular weight is 232 g/mol. The minimum atomic E-state index is -0.141. The summed E-state index contributed by atoms with van der Waals surface area (Å²) in [5, 5.41) is 3.13. The van der Waals surface area contributed by atoms with Crippen molar-refractivity contribution in [2.45, 2.75) is 31.3 Å². The molecule has 1 atom stereocenters. The first-order valence-electron chi connectivity index (χ1n) is 4.93. The van der Waals surface area contributed by atoms with Crippen molar-refractivity contribution in [3.63, 3.8) is 0 Å². The zero-order chi connectivity index (χ0) is 9.86. The molecule has 1 fully saturated rings. The Morgan fingerprint density at radius 3 is 3.07 bits per heavy atom. The first kappa shape index (κ1) is 10.4. The van der Waals surface area contributed by atoms with Crippen molar-refractivity contribution < 1.29 is 4.74 Å². The smallest absolute Gasteiger partial charge is 0.0954 e. The van der Waals surface area contributed by atoms with E-state index < -0.39 is 0 Å². The van der Waals surface area contributed by atoms with E-state index in [9.17, 15) is 0 Å². The van der Waals surface area contributed by atoms with Crippen LogP contribution in [0.4, 0.5) is 0 Å². The number of alkyl halides is 1. The Hall–Kier alpha value is -0.120. The lowest BCUT2D eigenvalue weighted by Crippen LogP contribution is -2.40. The van der Waals surface area contributed by atoms with Crippen molar-refractivity contribution in [2.75, 3.05) is 12.5 Å². The Kier molecular flexibility index (Phi) is 3.42. The Morgan fingerprint density at radius 1 is 1.57 bits per heavy atom. The third kappa shape index (κ3) is 2.27. The number of thiazole rings is 1. The fraction of sp³-hybridized carbons (Fsp3) is 0.700. The molecule has 1 saturated heterocycles. The molecule has 1 aliphatic heterocycles. The SMILES string of the molecule is ClCC1(Cc2nccs2)CCCCO1. The molecule has 4 heteroatoms. The molecule has 2 rings (SSSR count). The molecule has 0 spiro atoms. The van der Waals surface area contributed by atoms with Gasteiger partial charge in [0.15, 0.2) is 0 Å². The van der Waals surface area contributed by atoms with Crippen LogP contribution in [-0.4, -0.2) is 23.1 Å². The minimum absolute atomic E-state index is 0.141. The van der Waals surface area contributed by atoms with E-state index in [4.69, 9.17) is 16.3 Å². The predicted molar refractivity (Wildman–Crippen MR) is 59.1 cm³/mol. The number of hydrogen-bond acceptors (Lipinski definition) is 3. The molecule has 0 aromatic carbocycles. The van der Waals surface area contributed by atoms with Gasteiger partial charge < -0.3 is 4.74 Å². The minimum Gasteiger partial charge on any atom is -0.373 e. The molecule has 0 saturated carbocycles. The van der Waals surface area contributed by atoms with Gasteiger partial charge in [0.2, 0.25) is 0 Å². The highest BCUT2D eigenvalue weighted by Crippen LogP contribution is 2.30. The maximum Gasteiger partial charge on any atom is 0.0954 e. The lowest BCUT2D eigenvalue weighted by molar-refractivity contribution is -0.0616. The third-order valence-corrected chi connectivity index (χ3v) is 3.90. The molecule has 0 N–H and O–H groups in total. The highest BCUT2D eigenvalue weighted by molar-refractivity contribution is 7.09. The summed E-state index contributed by atoms with van der Waals surface area (Å²) >= 11 is 7.69. The van der Waals surface area contributed by atoms with Gasteiger partial charge in [-0.3, -0.25) is 0 Å². The van der Waals surface area contributed by atoms with E-state index in [1.54, 1.807) is 11.3 Å². The lowest BCUT2D eigenvalue weighted by atomic mass is 9.92. The van der Waals surface area contributed by atoms with Gasteiger partial charge in [0.25, 0.3) is 0 Å². The van der Waals surface area contributed by atoms with Gasteiger partial charge in [0.05, 0.1) is 16.5 Å². The van der Waals surface area contributed by atoms with E-state index in [0.29, 0.717) is 5.88 Å². The first-order valence-corrected chi connectivity index (χ1v) is 6.34. The van der Waals surface area contributed by atoms with Crippen LogP contribution in [0.2, 0.25) is 0 Å². The Morgan fingerprint density at radius 2 is 2.50 bits per heavy atom. The van der Waals surface area contributed by atoms with Gasteiger partial charge in [-0.15, -0.1) is 22.9 Å². The Labute approximate surface area is 93.3 Å². The van der Waals surface area contributed by atoms with Crippen molar-refractivity contribution in [2.24, 2.45) is 0 Å². The summed E-state index contributed by atoms with van der Waals surface area (Å²) in [5.41, 5.74) is -0.141. The topological polar surface area (TPSA) is 22.1 Å². The molecule has 1 aliphatic rings. The van der Waals surface area contributed by atoms with E-state index in [-0.39, 0.29) is 5.60 Å². The van der Waals surface area contributed by atoms with Crippen molar-refractivity contribution in [3.8, 4) is 0 Å². The number of nitrogens with zero attached hydrogens (tertiary/aromatic N) is 1. The molecule has 0 radical (unpaired) electrons. The van der Waals surface area contributed by atoms with Crippen molar-refractivity contribution in [1.29, 1.82) is 0 Å². The highest BCUT2D eigenvalue weighted by atomic mass is 35.5. The standard InChI is InChI=1S/C10H14ClNOS/c11-8-10(3-1-2-5-13-10)7-9-12-4-6-14-9/h4,6H,1-3,5,7-8H2. The summed E-state index contributed by atoms with van der Waals surface area (Å²) in [7, 11) is 0. The lowest BCUT2D eigenvalue weighted by Gasteiger charge is -2.35. The summed E-state index contributed by atoms with van der Waals surface area (Å²) in [6.07, 6.45) is 6.16. The van der Waals surface area contributed by atoms with Gasteiger partial charge in [0.1, 0.15) is 0 Å². The van der Waals surface area contributed by atoms with Gasteiger partial charge >= 0.3 is 0 Å². The van der Waals surface area contributed by atoms with Gasteiger partial charge in [-0.1, -0.05) is 0 Å². The van der Waals surface area contributed by atoms with Crippen LogP contribution in [0.5, 0.6) is 0 Å². The van der Waals surface area contributed by atoms with E-state index in [1.807, 2.05) is 11.6 Å². The third-order valence-electron chi connectivity index (χ3n) is 2.64. The van der Waals surface area contributed by atoms with Crippen LogP contribution < -0.4 is 0 Å². The highest BCUT2D eigenvalue weighted by Gasteiger charge is 2.33. The average Bonchev–Trinajstić information content (AvgIpc) is 2.72. The number of hydrogen-bond donors (Lipinski definition) is 0. The number of ether oxygens (including phenoxy) is 1. The summed E-state index contributed by atoms with van der Waals surface area (Å²) in [6, 6.07) is 0. The fourth-order valence-electron chi connectivity index (χ4n) is 1.82. The molecule has 0 aliphatic carbocycles. The summed E-state index contributed by atoms with van der Waals surface area (Å²) in [5.74, 6) is 0.576. The second-order valence-electron chi connectivity index (χ2n) is 3.72. The van der Waals surface area contributed by atoms with Crippen LogP contribution in [-0.2, 0) is 11.2 Å². The van der Waals surface area contributed by atoms with E-state index >= 15 is 0 Å². The molecular formula is C10H14ClNOS. The van der Waals surface area contributed by atoms with Crippen LogP contribution in [0.15, 0.2) is 11.6 Å². The molecule has 1 aromatic heterocycles. The molecule has 2 heterocycles. The number of halogens is 1. The summed E-state index contributed by atoms with van der Waals surface area (Å²) in [4.78, 5) is 4.28. The van der Waals surface area contributed by atoms with Crippen LogP contribution in [0.3, 0.4) is 0 Å². The van der Waals surface area contributed by atoms with Crippen LogP contribution >= 0.6 is 22.9 Å². The van der Waals surface area contributed by atoms with Crippen molar-refractivity contribution >= 4 is 22.9 Å². The van der Waals surface area contributed by atoms with Gasteiger partial charge in [-0.05, 0) is 19.3 Å². The van der Waals surface area contributed by atoms with Crippen LogP contribution in [0.1, 0.15) is 24.3 Å². The molecule has 78 valence electrons. The van der Waals surface area contributed by atoms with E-state index in [1.165, 1.54) is 6.42 Å². The van der Waals surface area contributed by atoms with Gasteiger partial charge in [-0.25, -0.2) is 4.98 Å². The first-order chi connectivity index (χ1) is 6.85. The maximum atomic E-state index is 6.01. The maximum absolute atomic E-state index is 6.01. The molecule has 0 bridgehead atoms. The normalized spacial score (nSPS) is 27.8. The molecule has 1 unspecified atom stereocenters. The van der Waals surface area contributed by atoms with Crippen molar-refractivity contribution in [1.82, 2.24) is 4.98 Å². The molecule has 2 nitrogen and oxygen atoms in total. The predicted octanol–water partition coefficient (Wildman–Crippen LogP) is 2.86. The van der Waals surface area contributed by atoms with E-state index in [2.05, 4.69) is 4.98 Å². The molecule has 1 aromatic rings. The van der Waals surface area contributed by atoms with Crippen LogP contribution in [0.25, 0.3) is 0 Å². The second-order valence-corrected chi connectivity index (χ2v) is 4.97. The Bertz CT molecular complexity index is 270. The fourth-order valence-corrected chi connectivity index (χ4v) is 2.87. The molecule has 14 heavy (non-hydrogen) atoms. The zero-order valence-corrected chi connectivity index (χ0v) is 9.61. The molecule has 0 amide bonds. The number of rotatable bonds is 3. The monoisotopic (exact) mass is 231 g/mol. The Balaban J connectivity index is 2.04. The van der Waals surface area contributed by atoms with Crippen molar-refractivity contribution in [3.05, 3.63) is 16.6 Å². The summed E-state index contributed by atoms with van der Waals surface area (Å²) < 4.78 is 5.82. The quantitative estimate of drug-likeness (QED) is 0.747. The van der Waals surface area contributed by atoms with Gasteiger partial charge in [0, 0.05) is 24.6 Å². The van der Waals surface area contributed by atoms with Gasteiger partial charge in [-0.2, -0.15) is 0 Å². The largest absolute Gasteiger partial charge is 0.373 e. The number of aromatic nitrogens is 1. The zero-order valence-electron chi connectivity index (χ0n) is 8.04. The van der Waals surface area contributed by atoms with E-state index in [0.717, 1.165) is 30.9 Å². The second kappa shape index (κ2) is 4.60. The van der Waals surface area contributed by atoms with Crippen LogP contribution in [0, 0.1) is 0 Å². The molecular weight excluding hydrogens is 218 g/mol. The summed E-state index contributed by atoms with van der Waals surface area (Å²) in [6.45, 7) is 0.845.